The largest absolute Gasteiger partial charge is 0.360 e. The summed E-state index contributed by atoms with van der Waals surface area (Å²) in [5, 5.41) is 0. The van der Waals surface area contributed by atoms with Crippen LogP contribution in [0.15, 0.2) is 36.9 Å². The molecule has 0 saturated carbocycles. The van der Waals surface area contributed by atoms with Crippen LogP contribution in [-0.2, 0) is 0 Å². The molecule has 1 heterocycles. The van der Waals surface area contributed by atoms with E-state index in [1.165, 1.54) is 5.69 Å². The number of piperazine rings is 1. The monoisotopic (exact) mass is 231 g/mol. The molecule has 0 amide bonds. The SMILES string of the molecule is C=CC[NH+]1CCN(c2ccc(C=O)cc2)CC1. The van der Waals surface area contributed by atoms with Crippen LogP contribution in [-0.4, -0.2) is 39.0 Å². The van der Waals surface area contributed by atoms with Crippen LogP contribution < -0.4 is 9.80 Å². The molecule has 1 aromatic carbocycles. The predicted octanol–water partition coefficient (Wildman–Crippen LogP) is 0.390. The van der Waals surface area contributed by atoms with E-state index in [1.807, 2.05) is 30.3 Å². The van der Waals surface area contributed by atoms with Gasteiger partial charge in [0.25, 0.3) is 0 Å². The van der Waals surface area contributed by atoms with Crippen molar-refractivity contribution in [2.45, 2.75) is 0 Å². The Balaban J connectivity index is 1.95. The molecule has 1 fully saturated rings. The van der Waals surface area contributed by atoms with E-state index in [0.29, 0.717) is 0 Å². The lowest BCUT2D eigenvalue weighted by atomic mass is 10.2. The van der Waals surface area contributed by atoms with E-state index < -0.39 is 0 Å². The van der Waals surface area contributed by atoms with Crippen molar-refractivity contribution in [1.29, 1.82) is 0 Å². The number of carbonyl (C=O) groups is 1. The molecule has 17 heavy (non-hydrogen) atoms. The number of carbonyl (C=O) groups excluding carboxylic acids is 1. The van der Waals surface area contributed by atoms with E-state index in [2.05, 4.69) is 11.5 Å². The average molecular weight is 231 g/mol. The van der Waals surface area contributed by atoms with Crippen molar-refractivity contribution in [1.82, 2.24) is 0 Å². The highest BCUT2D eigenvalue weighted by atomic mass is 16.1. The van der Waals surface area contributed by atoms with Crippen LogP contribution in [0.3, 0.4) is 0 Å². The van der Waals surface area contributed by atoms with Crippen molar-refractivity contribution < 1.29 is 9.69 Å². The average Bonchev–Trinajstić information content (AvgIpc) is 2.40. The standard InChI is InChI=1S/C14H18N2O/c1-2-7-15-8-10-16(11-9-15)14-5-3-13(12-17)4-6-14/h2-6,12H,1,7-11H2/p+1. The molecule has 1 N–H and O–H groups in total. The van der Waals surface area contributed by atoms with Gasteiger partial charge < -0.3 is 9.80 Å². The Labute approximate surface area is 102 Å². The van der Waals surface area contributed by atoms with Crippen LogP contribution in [0.5, 0.6) is 0 Å². The molecular formula is C14H19N2O+. The first-order valence-electron chi connectivity index (χ1n) is 6.08. The molecule has 3 nitrogen and oxygen atoms in total. The summed E-state index contributed by atoms with van der Waals surface area (Å²) in [6.45, 7) is 9.29. The number of nitrogens with one attached hydrogen (secondary N) is 1. The number of anilines is 1. The maximum Gasteiger partial charge on any atom is 0.150 e. The molecule has 2 rings (SSSR count). The van der Waals surface area contributed by atoms with Gasteiger partial charge in [0.1, 0.15) is 6.29 Å². The zero-order valence-corrected chi connectivity index (χ0v) is 10.1. The highest BCUT2D eigenvalue weighted by Gasteiger charge is 2.18. The summed E-state index contributed by atoms with van der Waals surface area (Å²) in [6.07, 6.45) is 2.87. The number of quaternary nitrogens is 1. The second kappa shape index (κ2) is 5.64. The maximum atomic E-state index is 10.6. The van der Waals surface area contributed by atoms with E-state index in [-0.39, 0.29) is 0 Å². The van der Waals surface area contributed by atoms with Crippen LogP contribution in [0.4, 0.5) is 5.69 Å². The van der Waals surface area contributed by atoms with Crippen molar-refractivity contribution in [3.05, 3.63) is 42.5 Å². The van der Waals surface area contributed by atoms with Crippen LogP contribution in [0, 0.1) is 0 Å². The molecule has 0 bridgehead atoms. The van der Waals surface area contributed by atoms with Gasteiger partial charge in [0.2, 0.25) is 0 Å². The molecule has 1 aromatic rings. The third-order valence-electron chi connectivity index (χ3n) is 3.30. The van der Waals surface area contributed by atoms with Crippen LogP contribution in [0.2, 0.25) is 0 Å². The number of rotatable bonds is 4. The molecule has 0 aliphatic carbocycles. The molecule has 1 saturated heterocycles. The van der Waals surface area contributed by atoms with Crippen molar-refractivity contribution in [3.8, 4) is 0 Å². The van der Waals surface area contributed by atoms with Crippen molar-refractivity contribution >= 4 is 12.0 Å². The summed E-state index contributed by atoms with van der Waals surface area (Å²) in [7, 11) is 0. The summed E-state index contributed by atoms with van der Waals surface area (Å²) >= 11 is 0. The lowest BCUT2D eigenvalue weighted by Gasteiger charge is -2.33. The Bertz CT molecular complexity index is 378. The van der Waals surface area contributed by atoms with Crippen LogP contribution >= 0.6 is 0 Å². The minimum atomic E-state index is 0.740. The van der Waals surface area contributed by atoms with Gasteiger partial charge in [0.15, 0.2) is 0 Å². The van der Waals surface area contributed by atoms with Crippen molar-refractivity contribution in [2.75, 3.05) is 37.6 Å². The first-order chi connectivity index (χ1) is 8.33. The van der Waals surface area contributed by atoms with Crippen molar-refractivity contribution in [3.63, 3.8) is 0 Å². The third kappa shape index (κ3) is 2.94. The summed E-state index contributed by atoms with van der Waals surface area (Å²) in [4.78, 5) is 14.6. The summed E-state index contributed by atoms with van der Waals surface area (Å²) in [6, 6.07) is 7.82. The minimum absolute atomic E-state index is 0.740. The smallest absolute Gasteiger partial charge is 0.150 e. The first-order valence-corrected chi connectivity index (χ1v) is 6.08. The fourth-order valence-electron chi connectivity index (χ4n) is 2.25. The van der Waals surface area contributed by atoms with Crippen LogP contribution in [0.1, 0.15) is 10.4 Å². The first kappa shape index (κ1) is 11.9. The molecule has 0 atom stereocenters. The molecule has 0 spiro atoms. The van der Waals surface area contributed by atoms with Gasteiger partial charge >= 0.3 is 0 Å². The quantitative estimate of drug-likeness (QED) is 0.599. The Morgan fingerprint density at radius 3 is 2.41 bits per heavy atom. The highest BCUT2D eigenvalue weighted by Crippen LogP contribution is 2.14. The van der Waals surface area contributed by atoms with Crippen molar-refractivity contribution in [2.24, 2.45) is 0 Å². The molecule has 3 heteroatoms. The Hall–Kier alpha value is -1.61. The zero-order chi connectivity index (χ0) is 12.1. The molecule has 0 aromatic heterocycles. The molecule has 0 unspecified atom stereocenters. The lowest BCUT2D eigenvalue weighted by molar-refractivity contribution is -0.894. The number of hydrogen-bond donors (Lipinski definition) is 1. The second-order valence-electron chi connectivity index (χ2n) is 4.44. The Kier molecular flexibility index (Phi) is 3.94. The van der Waals surface area contributed by atoms with E-state index in [0.717, 1.165) is 44.6 Å². The normalized spacial score (nSPS) is 16.8. The van der Waals surface area contributed by atoms with Gasteiger partial charge in [0, 0.05) is 11.3 Å². The topological polar surface area (TPSA) is 24.8 Å². The summed E-state index contributed by atoms with van der Waals surface area (Å²) in [5.41, 5.74) is 1.96. The molecule has 0 radical (unpaired) electrons. The van der Waals surface area contributed by atoms with Gasteiger partial charge in [0.05, 0.1) is 32.7 Å². The maximum absolute atomic E-state index is 10.6. The van der Waals surface area contributed by atoms with Gasteiger partial charge in [-0.3, -0.25) is 4.79 Å². The number of hydrogen-bond acceptors (Lipinski definition) is 2. The van der Waals surface area contributed by atoms with Gasteiger partial charge in [-0.1, -0.05) is 6.58 Å². The van der Waals surface area contributed by atoms with Gasteiger partial charge in [-0.05, 0) is 30.3 Å². The second-order valence-corrected chi connectivity index (χ2v) is 4.44. The van der Waals surface area contributed by atoms with E-state index >= 15 is 0 Å². The van der Waals surface area contributed by atoms with Gasteiger partial charge in [-0.2, -0.15) is 0 Å². The zero-order valence-electron chi connectivity index (χ0n) is 10.1. The fraction of sp³-hybridized carbons (Fsp3) is 0.357. The van der Waals surface area contributed by atoms with Crippen LogP contribution in [0.25, 0.3) is 0 Å². The predicted molar refractivity (Wildman–Crippen MR) is 69.8 cm³/mol. The number of aldehydes is 1. The number of benzene rings is 1. The molecular weight excluding hydrogens is 212 g/mol. The van der Waals surface area contributed by atoms with E-state index in [1.54, 1.807) is 4.90 Å². The Morgan fingerprint density at radius 1 is 1.24 bits per heavy atom. The third-order valence-corrected chi connectivity index (χ3v) is 3.30. The molecule has 1 aliphatic rings. The summed E-state index contributed by atoms with van der Waals surface area (Å²) < 4.78 is 0. The minimum Gasteiger partial charge on any atom is -0.360 e. The lowest BCUT2D eigenvalue weighted by Crippen LogP contribution is -3.14. The fourth-order valence-corrected chi connectivity index (χ4v) is 2.25. The molecule has 90 valence electrons. The Morgan fingerprint density at radius 2 is 1.88 bits per heavy atom. The number of nitrogens with zero attached hydrogens (tertiary/aromatic N) is 1. The van der Waals surface area contributed by atoms with E-state index in [4.69, 9.17) is 0 Å². The highest BCUT2D eigenvalue weighted by molar-refractivity contribution is 5.75. The summed E-state index contributed by atoms with van der Waals surface area (Å²) in [5.74, 6) is 0. The molecule has 1 aliphatic heterocycles. The van der Waals surface area contributed by atoms with E-state index in [9.17, 15) is 4.79 Å². The van der Waals surface area contributed by atoms with Gasteiger partial charge in [-0.25, -0.2) is 0 Å². The van der Waals surface area contributed by atoms with Gasteiger partial charge in [-0.15, -0.1) is 0 Å².